The first-order valence-corrected chi connectivity index (χ1v) is 7.53. The summed E-state index contributed by atoms with van der Waals surface area (Å²) < 4.78 is 34.0. The Morgan fingerprint density at radius 3 is 2.20 bits per heavy atom. The van der Waals surface area contributed by atoms with Crippen molar-refractivity contribution in [3.63, 3.8) is 0 Å². The van der Waals surface area contributed by atoms with Gasteiger partial charge in [0.25, 0.3) is 0 Å². The average Bonchev–Trinajstić information content (AvgIpc) is 2.36. The Bertz CT molecular complexity index is 611. The number of nitrogens with two attached hydrogens (primary N) is 1. The molecule has 0 aliphatic rings. The van der Waals surface area contributed by atoms with Gasteiger partial charge in [-0.25, -0.2) is 8.42 Å². The van der Waals surface area contributed by atoms with Crippen LogP contribution in [0.3, 0.4) is 0 Å². The Morgan fingerprint density at radius 2 is 1.80 bits per heavy atom. The number of hydrogen-bond acceptors (Lipinski definition) is 6. The van der Waals surface area contributed by atoms with Crippen molar-refractivity contribution in [3.8, 4) is 11.5 Å². The van der Waals surface area contributed by atoms with E-state index in [1.165, 1.54) is 26.4 Å². The zero-order valence-corrected chi connectivity index (χ0v) is 12.2. The minimum absolute atomic E-state index is 0.101. The SMILES string of the molecule is COc1ccc(OC)c(S(C)(=O)=O)c1CC(N)C(=O)O. The van der Waals surface area contributed by atoms with Gasteiger partial charge in [-0.2, -0.15) is 0 Å². The molecule has 0 heterocycles. The molecule has 1 aromatic carbocycles. The molecule has 0 aliphatic carbocycles. The van der Waals surface area contributed by atoms with Crippen LogP contribution in [0.2, 0.25) is 0 Å². The number of rotatable bonds is 6. The lowest BCUT2D eigenvalue weighted by Crippen LogP contribution is -2.33. The number of ether oxygens (including phenoxy) is 2. The zero-order valence-electron chi connectivity index (χ0n) is 11.4. The fourth-order valence-electron chi connectivity index (χ4n) is 1.85. The fourth-order valence-corrected chi connectivity index (χ4v) is 3.00. The molecule has 0 saturated carbocycles. The van der Waals surface area contributed by atoms with Crippen molar-refractivity contribution in [2.45, 2.75) is 17.4 Å². The summed E-state index contributed by atoms with van der Waals surface area (Å²) in [5, 5.41) is 8.88. The highest BCUT2D eigenvalue weighted by Gasteiger charge is 2.26. The zero-order chi connectivity index (χ0) is 15.5. The van der Waals surface area contributed by atoms with Crippen LogP contribution in [-0.4, -0.2) is 46.0 Å². The molecule has 1 rings (SSSR count). The van der Waals surface area contributed by atoms with Crippen LogP contribution in [0.5, 0.6) is 11.5 Å². The second-order valence-corrected chi connectivity index (χ2v) is 6.15. The predicted octanol–water partition coefficient (Wildman–Crippen LogP) is 0.0617. The van der Waals surface area contributed by atoms with Gasteiger partial charge >= 0.3 is 5.97 Å². The molecule has 8 heteroatoms. The van der Waals surface area contributed by atoms with E-state index in [1.807, 2.05) is 0 Å². The molecule has 0 spiro atoms. The number of carbonyl (C=O) groups is 1. The highest BCUT2D eigenvalue weighted by Crippen LogP contribution is 2.34. The van der Waals surface area contributed by atoms with Crippen molar-refractivity contribution < 1.29 is 27.8 Å². The topological polar surface area (TPSA) is 116 Å². The second-order valence-electron chi connectivity index (χ2n) is 4.20. The Kier molecular flexibility index (Phi) is 4.96. The summed E-state index contributed by atoms with van der Waals surface area (Å²) in [4.78, 5) is 10.8. The van der Waals surface area contributed by atoms with E-state index in [0.29, 0.717) is 0 Å². The van der Waals surface area contributed by atoms with E-state index in [2.05, 4.69) is 0 Å². The van der Waals surface area contributed by atoms with Crippen molar-refractivity contribution in [2.24, 2.45) is 5.73 Å². The average molecular weight is 303 g/mol. The Hall–Kier alpha value is -1.80. The van der Waals surface area contributed by atoms with E-state index in [1.54, 1.807) is 0 Å². The number of benzene rings is 1. The van der Waals surface area contributed by atoms with Crippen LogP contribution < -0.4 is 15.2 Å². The Balaban J connectivity index is 3.55. The molecule has 112 valence electrons. The van der Waals surface area contributed by atoms with Gasteiger partial charge in [-0.05, 0) is 12.1 Å². The summed E-state index contributed by atoms with van der Waals surface area (Å²) >= 11 is 0. The summed E-state index contributed by atoms with van der Waals surface area (Å²) in [6.45, 7) is 0. The van der Waals surface area contributed by atoms with Crippen molar-refractivity contribution in [1.29, 1.82) is 0 Å². The first-order valence-electron chi connectivity index (χ1n) is 5.64. The highest BCUT2D eigenvalue weighted by atomic mass is 32.2. The van der Waals surface area contributed by atoms with Crippen LogP contribution >= 0.6 is 0 Å². The molecule has 3 N–H and O–H groups in total. The molecule has 0 saturated heterocycles. The largest absolute Gasteiger partial charge is 0.496 e. The molecule has 0 amide bonds. The highest BCUT2D eigenvalue weighted by molar-refractivity contribution is 7.90. The minimum atomic E-state index is -3.63. The normalized spacial score (nSPS) is 12.8. The van der Waals surface area contributed by atoms with Gasteiger partial charge < -0.3 is 20.3 Å². The lowest BCUT2D eigenvalue weighted by Gasteiger charge is -2.17. The number of hydrogen-bond donors (Lipinski definition) is 2. The van der Waals surface area contributed by atoms with E-state index in [-0.39, 0.29) is 28.4 Å². The Labute approximate surface area is 117 Å². The molecule has 0 aliphatic heterocycles. The molecular formula is C12H17NO6S. The van der Waals surface area contributed by atoms with Gasteiger partial charge in [0.1, 0.15) is 22.4 Å². The van der Waals surface area contributed by atoms with Crippen LogP contribution in [0.15, 0.2) is 17.0 Å². The molecule has 1 unspecified atom stereocenters. The van der Waals surface area contributed by atoms with Crippen LogP contribution in [0.25, 0.3) is 0 Å². The van der Waals surface area contributed by atoms with Crippen LogP contribution in [0.1, 0.15) is 5.56 Å². The third kappa shape index (κ3) is 3.40. The number of aliphatic carboxylic acids is 1. The lowest BCUT2D eigenvalue weighted by molar-refractivity contribution is -0.138. The lowest BCUT2D eigenvalue weighted by atomic mass is 10.0. The summed E-state index contributed by atoms with van der Waals surface area (Å²) in [5.41, 5.74) is 5.68. The first kappa shape index (κ1) is 16.3. The summed E-state index contributed by atoms with van der Waals surface area (Å²) in [5.74, 6) is -0.849. The van der Waals surface area contributed by atoms with E-state index in [0.717, 1.165) is 6.26 Å². The van der Waals surface area contributed by atoms with E-state index >= 15 is 0 Å². The first-order chi connectivity index (χ1) is 9.22. The monoisotopic (exact) mass is 303 g/mol. The number of sulfone groups is 1. The number of carboxylic acids is 1. The molecule has 1 aromatic rings. The van der Waals surface area contributed by atoms with Crippen molar-refractivity contribution in [3.05, 3.63) is 17.7 Å². The summed E-state index contributed by atoms with van der Waals surface area (Å²) in [6, 6.07) is 1.72. The van der Waals surface area contributed by atoms with Crippen molar-refractivity contribution >= 4 is 15.8 Å². The maximum atomic E-state index is 11.9. The molecule has 7 nitrogen and oxygen atoms in total. The smallest absolute Gasteiger partial charge is 0.320 e. The fraction of sp³-hybridized carbons (Fsp3) is 0.417. The van der Waals surface area contributed by atoms with Gasteiger partial charge in [0.2, 0.25) is 0 Å². The third-order valence-electron chi connectivity index (χ3n) is 2.73. The van der Waals surface area contributed by atoms with Crippen LogP contribution in [0, 0.1) is 0 Å². The summed E-state index contributed by atoms with van der Waals surface area (Å²) in [6.07, 6.45) is 0.832. The van der Waals surface area contributed by atoms with E-state index in [9.17, 15) is 13.2 Å². The molecule has 0 radical (unpaired) electrons. The van der Waals surface area contributed by atoms with Crippen molar-refractivity contribution in [1.82, 2.24) is 0 Å². The van der Waals surface area contributed by atoms with Gasteiger partial charge in [0.05, 0.1) is 14.2 Å². The molecule has 0 bridgehead atoms. The standard InChI is InChI=1S/C12H17NO6S/c1-18-9-4-5-10(19-2)11(20(3,16)17)7(9)6-8(13)12(14)15/h4-5,8H,6,13H2,1-3H3,(H,14,15). The third-order valence-corrected chi connectivity index (χ3v) is 3.92. The van der Waals surface area contributed by atoms with Gasteiger partial charge in [0, 0.05) is 18.2 Å². The van der Waals surface area contributed by atoms with Crippen LogP contribution in [-0.2, 0) is 21.1 Å². The maximum Gasteiger partial charge on any atom is 0.320 e. The number of methoxy groups -OCH3 is 2. The molecule has 0 aromatic heterocycles. The van der Waals surface area contributed by atoms with Crippen molar-refractivity contribution in [2.75, 3.05) is 20.5 Å². The van der Waals surface area contributed by atoms with E-state index in [4.69, 9.17) is 20.3 Å². The molecule has 20 heavy (non-hydrogen) atoms. The van der Waals surface area contributed by atoms with Gasteiger partial charge in [-0.15, -0.1) is 0 Å². The molecular weight excluding hydrogens is 286 g/mol. The van der Waals surface area contributed by atoms with Gasteiger partial charge in [-0.3, -0.25) is 4.79 Å². The van der Waals surface area contributed by atoms with Gasteiger partial charge in [-0.1, -0.05) is 0 Å². The van der Waals surface area contributed by atoms with Crippen LogP contribution in [0.4, 0.5) is 0 Å². The predicted molar refractivity (Wildman–Crippen MR) is 72.0 cm³/mol. The number of carboxylic acid groups (broad SMARTS) is 1. The molecule has 1 atom stereocenters. The molecule has 0 fully saturated rings. The quantitative estimate of drug-likeness (QED) is 0.763. The van der Waals surface area contributed by atoms with Gasteiger partial charge in [0.15, 0.2) is 9.84 Å². The summed E-state index contributed by atoms with van der Waals surface area (Å²) in [7, 11) is -0.938. The Morgan fingerprint density at radius 1 is 1.30 bits per heavy atom. The minimum Gasteiger partial charge on any atom is -0.496 e. The van der Waals surface area contributed by atoms with E-state index < -0.39 is 21.8 Å². The second kappa shape index (κ2) is 6.10. The maximum absolute atomic E-state index is 11.9.